The van der Waals surface area contributed by atoms with Crippen LogP contribution in [0.2, 0.25) is 0 Å². The molecule has 1 saturated carbocycles. The molecular weight excluding hydrogens is 410 g/mol. The number of nitrogens with two attached hydrogens (primary N) is 1. The third kappa shape index (κ3) is 4.34. The Hall–Kier alpha value is -2.94. The number of hydrogen-bond acceptors (Lipinski definition) is 5. The van der Waals surface area contributed by atoms with Gasteiger partial charge in [0, 0.05) is 11.4 Å². The minimum Gasteiger partial charge on any atom is -0.394 e. The number of benzene rings is 1. The highest BCUT2D eigenvalue weighted by Gasteiger charge is 2.56. The normalized spacial score (nSPS) is 23.1. The number of aliphatic hydroxyl groups excluding tert-OH is 1. The second kappa shape index (κ2) is 8.20. The average molecular weight is 442 g/mol. The fraction of sp³-hybridized carbons (Fsp3) is 0.565. The molecule has 4 atom stereocenters. The smallest absolute Gasteiger partial charge is 0.269 e. The van der Waals surface area contributed by atoms with Crippen LogP contribution in [0.25, 0.3) is 10.9 Å². The summed E-state index contributed by atoms with van der Waals surface area (Å²) in [6, 6.07) is 6.27. The molecule has 172 valence electrons. The molecule has 1 aliphatic heterocycles. The van der Waals surface area contributed by atoms with Crippen molar-refractivity contribution in [3.8, 4) is 0 Å². The van der Waals surface area contributed by atoms with Gasteiger partial charge < -0.3 is 21.1 Å². The second-order valence-corrected chi connectivity index (χ2v) is 10.2. The summed E-state index contributed by atoms with van der Waals surface area (Å²) in [7, 11) is 0. The number of rotatable bonds is 7. The number of piperidine rings is 1. The number of primary amides is 1. The highest BCUT2D eigenvalue weighted by Crippen LogP contribution is 2.48. The maximum absolute atomic E-state index is 13.3. The van der Waals surface area contributed by atoms with Crippen molar-refractivity contribution in [2.75, 3.05) is 6.61 Å². The van der Waals surface area contributed by atoms with Gasteiger partial charge in [0.05, 0.1) is 18.2 Å². The fourth-order valence-electron chi connectivity index (χ4n) is 4.89. The summed E-state index contributed by atoms with van der Waals surface area (Å²) in [5.74, 6) is -0.754. The predicted molar refractivity (Wildman–Crippen MR) is 118 cm³/mol. The van der Waals surface area contributed by atoms with Gasteiger partial charge >= 0.3 is 0 Å². The van der Waals surface area contributed by atoms with Crippen molar-refractivity contribution in [1.82, 2.24) is 20.0 Å². The Morgan fingerprint density at radius 3 is 2.62 bits per heavy atom. The molecule has 0 unspecified atom stereocenters. The van der Waals surface area contributed by atoms with Crippen LogP contribution in [0.5, 0.6) is 0 Å². The van der Waals surface area contributed by atoms with E-state index in [0.29, 0.717) is 29.7 Å². The van der Waals surface area contributed by atoms with E-state index in [1.54, 1.807) is 23.1 Å². The summed E-state index contributed by atoms with van der Waals surface area (Å²) in [5.41, 5.74) is 6.18. The molecule has 9 nitrogen and oxygen atoms in total. The minimum absolute atomic E-state index is 0.0483. The first-order valence-corrected chi connectivity index (χ1v) is 11.1. The number of fused-ring (bicyclic) bond motifs is 2. The van der Waals surface area contributed by atoms with Gasteiger partial charge in [-0.25, -0.2) is 0 Å². The van der Waals surface area contributed by atoms with Crippen LogP contribution in [0.1, 0.15) is 50.5 Å². The first-order chi connectivity index (χ1) is 15.1. The van der Waals surface area contributed by atoms with Gasteiger partial charge in [0.25, 0.3) is 5.91 Å². The molecule has 9 heteroatoms. The lowest BCUT2D eigenvalue weighted by molar-refractivity contribution is -0.140. The van der Waals surface area contributed by atoms with Gasteiger partial charge in [0.1, 0.15) is 12.6 Å². The summed E-state index contributed by atoms with van der Waals surface area (Å²) in [4.78, 5) is 39.8. The number of nitrogens with zero attached hydrogens (tertiary/aromatic N) is 3. The minimum atomic E-state index is -0.651. The summed E-state index contributed by atoms with van der Waals surface area (Å²) in [5, 5.41) is 17.5. The van der Waals surface area contributed by atoms with E-state index in [9.17, 15) is 19.5 Å². The zero-order valence-corrected chi connectivity index (χ0v) is 18.7. The molecular formula is C23H31N5O4. The number of para-hydroxylation sites is 1. The van der Waals surface area contributed by atoms with Crippen molar-refractivity contribution < 1.29 is 19.5 Å². The van der Waals surface area contributed by atoms with Crippen molar-refractivity contribution in [1.29, 1.82) is 0 Å². The number of likely N-dealkylation sites (tertiary alicyclic amines) is 1. The van der Waals surface area contributed by atoms with Crippen LogP contribution in [-0.4, -0.2) is 62.2 Å². The van der Waals surface area contributed by atoms with Gasteiger partial charge in [0.2, 0.25) is 11.8 Å². The molecule has 3 amide bonds. The quantitative estimate of drug-likeness (QED) is 0.591. The number of aliphatic hydroxyl groups is 1. The molecule has 1 aromatic heterocycles. The van der Waals surface area contributed by atoms with Crippen molar-refractivity contribution in [2.45, 2.75) is 64.7 Å². The summed E-state index contributed by atoms with van der Waals surface area (Å²) >= 11 is 0. The lowest BCUT2D eigenvalue weighted by Gasteiger charge is -2.30. The second-order valence-electron chi connectivity index (χ2n) is 10.2. The van der Waals surface area contributed by atoms with Crippen LogP contribution >= 0.6 is 0 Å². The Morgan fingerprint density at radius 2 is 1.97 bits per heavy atom. The third-order valence-corrected chi connectivity index (χ3v) is 6.30. The van der Waals surface area contributed by atoms with Gasteiger partial charge in [-0.3, -0.25) is 19.1 Å². The van der Waals surface area contributed by atoms with E-state index in [-0.39, 0.29) is 48.2 Å². The molecule has 4 N–H and O–H groups in total. The van der Waals surface area contributed by atoms with Gasteiger partial charge in [-0.05, 0) is 36.7 Å². The Bertz CT molecular complexity index is 1060. The number of amides is 3. The summed E-state index contributed by atoms with van der Waals surface area (Å²) in [6.07, 6.45) is 2.16. The summed E-state index contributed by atoms with van der Waals surface area (Å²) < 4.78 is 1.48. The van der Waals surface area contributed by atoms with E-state index < -0.39 is 11.9 Å². The maximum atomic E-state index is 13.3. The van der Waals surface area contributed by atoms with Crippen molar-refractivity contribution in [2.24, 2.45) is 17.1 Å². The highest BCUT2D eigenvalue weighted by atomic mass is 16.3. The molecule has 2 heterocycles. The zero-order chi connectivity index (χ0) is 23.2. The molecule has 1 aromatic carbocycles. The Balaban J connectivity index is 1.51. The molecule has 2 fully saturated rings. The Kier molecular flexibility index (Phi) is 5.70. The molecule has 4 rings (SSSR count). The number of carbonyl (C=O) groups is 3. The monoisotopic (exact) mass is 441 g/mol. The number of aromatic nitrogens is 2. The number of nitrogens with one attached hydrogen (secondary N) is 1. The molecule has 0 bridgehead atoms. The lowest BCUT2D eigenvalue weighted by Crippen LogP contribution is -2.52. The molecule has 32 heavy (non-hydrogen) atoms. The van der Waals surface area contributed by atoms with Crippen LogP contribution in [0, 0.1) is 11.3 Å². The molecule has 1 aliphatic carbocycles. The molecule has 2 aliphatic rings. The van der Waals surface area contributed by atoms with E-state index in [1.165, 1.54) is 4.68 Å². The van der Waals surface area contributed by atoms with Gasteiger partial charge in [-0.15, -0.1) is 0 Å². The Labute approximate surface area is 186 Å². The van der Waals surface area contributed by atoms with Crippen molar-refractivity contribution >= 4 is 28.6 Å². The molecule has 1 saturated heterocycles. The van der Waals surface area contributed by atoms with E-state index in [1.807, 2.05) is 6.07 Å². The van der Waals surface area contributed by atoms with Crippen LogP contribution in [0.4, 0.5) is 0 Å². The van der Waals surface area contributed by atoms with Crippen molar-refractivity contribution in [3.05, 3.63) is 30.0 Å². The largest absolute Gasteiger partial charge is 0.394 e. The molecule has 0 spiro atoms. The first kappa shape index (κ1) is 22.3. The van der Waals surface area contributed by atoms with E-state index in [0.717, 1.165) is 6.42 Å². The van der Waals surface area contributed by atoms with Crippen LogP contribution in [-0.2, 0) is 16.1 Å². The first-order valence-electron chi connectivity index (χ1n) is 11.1. The standard InChI is InChI=1S/C23H31N5O4/c1-23(2,3)10-14(12-29)25-22(32)18-9-13-8-17(13)28(18)19(30)11-27-16-7-5-4-6-15(16)20(26-27)21(24)31/h4-7,13-14,17-18,29H,8-12H2,1-3H3,(H2,24,31)(H,25,32)/t13-,14-,17-,18+/m1/s1. The molecule has 2 aromatic rings. The number of carbonyl (C=O) groups excluding carboxylic acids is 3. The maximum Gasteiger partial charge on any atom is 0.269 e. The third-order valence-electron chi connectivity index (χ3n) is 6.30. The van der Waals surface area contributed by atoms with Crippen LogP contribution in [0.15, 0.2) is 24.3 Å². The predicted octanol–water partition coefficient (Wildman–Crippen LogP) is 1.04. The summed E-state index contributed by atoms with van der Waals surface area (Å²) in [6.45, 7) is 5.93. The van der Waals surface area contributed by atoms with Gasteiger partial charge in [0.15, 0.2) is 5.69 Å². The lowest BCUT2D eigenvalue weighted by atomic mass is 9.88. The highest BCUT2D eigenvalue weighted by molar-refractivity contribution is 6.04. The molecule has 0 radical (unpaired) electrons. The number of hydrogen-bond donors (Lipinski definition) is 3. The van der Waals surface area contributed by atoms with Gasteiger partial charge in [-0.1, -0.05) is 39.0 Å². The van der Waals surface area contributed by atoms with E-state index in [4.69, 9.17) is 5.73 Å². The SMILES string of the molecule is CC(C)(C)C[C@H](CO)NC(=O)[C@@H]1C[C@H]2C[C@H]2N1C(=O)Cn1nc(C(N)=O)c2ccccc21. The zero-order valence-electron chi connectivity index (χ0n) is 18.7. The van der Waals surface area contributed by atoms with Gasteiger partial charge in [-0.2, -0.15) is 5.10 Å². The van der Waals surface area contributed by atoms with Crippen molar-refractivity contribution in [3.63, 3.8) is 0 Å². The fourth-order valence-corrected chi connectivity index (χ4v) is 4.89. The van der Waals surface area contributed by atoms with Crippen LogP contribution < -0.4 is 11.1 Å². The Morgan fingerprint density at radius 1 is 1.25 bits per heavy atom. The van der Waals surface area contributed by atoms with E-state index >= 15 is 0 Å². The van der Waals surface area contributed by atoms with E-state index in [2.05, 4.69) is 31.2 Å². The topological polar surface area (TPSA) is 131 Å². The van der Waals surface area contributed by atoms with Crippen LogP contribution in [0.3, 0.4) is 0 Å². The average Bonchev–Trinajstić information content (AvgIpc) is 3.22.